The molecule has 8 rings (SSSR count). The number of hydrogen-bond donors (Lipinski definition) is 0. The van der Waals surface area contributed by atoms with E-state index < -0.39 is 0 Å². The van der Waals surface area contributed by atoms with Gasteiger partial charge in [-0.3, -0.25) is 4.98 Å². The average Bonchev–Trinajstić information content (AvgIpc) is 3.60. The van der Waals surface area contributed by atoms with Crippen molar-refractivity contribution in [3.8, 4) is 40.7 Å². The molecule has 5 aromatic carbocycles. The molecule has 3 aromatic heterocycles. The van der Waals surface area contributed by atoms with Crippen molar-refractivity contribution in [1.29, 1.82) is 15.8 Å². The Morgan fingerprint density at radius 2 is 0.909 bits per heavy atom. The molecule has 0 aliphatic heterocycles. The molecule has 0 amide bonds. The minimum atomic E-state index is 0.506. The highest BCUT2D eigenvalue weighted by Gasteiger charge is 2.23. The molecule has 0 N–H and O–H groups in total. The molecular formula is C38H20N6. The van der Waals surface area contributed by atoms with Gasteiger partial charge in [-0.1, -0.05) is 36.4 Å². The van der Waals surface area contributed by atoms with E-state index in [0.717, 1.165) is 66.1 Å². The van der Waals surface area contributed by atoms with E-state index in [0.29, 0.717) is 16.7 Å². The second kappa shape index (κ2) is 9.71. The lowest BCUT2D eigenvalue weighted by molar-refractivity contribution is 1.13. The molecule has 3 heterocycles. The molecule has 44 heavy (non-hydrogen) atoms. The maximum absolute atomic E-state index is 10.4. The molecule has 0 bridgehead atoms. The zero-order valence-corrected chi connectivity index (χ0v) is 23.2. The Morgan fingerprint density at radius 1 is 0.455 bits per heavy atom. The van der Waals surface area contributed by atoms with Crippen LogP contribution in [0.25, 0.3) is 66.1 Å². The number of nitrogens with zero attached hydrogens (tertiary/aromatic N) is 6. The molecule has 6 heteroatoms. The highest BCUT2D eigenvalue weighted by atomic mass is 15.0. The smallest absolute Gasteiger partial charge is 0.0993 e. The number of nitriles is 3. The number of fused-ring (bicyclic) bond motifs is 6. The van der Waals surface area contributed by atoms with Gasteiger partial charge in [-0.15, -0.1) is 0 Å². The van der Waals surface area contributed by atoms with Crippen molar-refractivity contribution in [3.05, 3.63) is 138 Å². The standard InChI is InChI=1S/C38H20N6/c39-21-24-9-11-34-30(17-24)28-5-1-3-7-32(28)43(34)36-19-26(23-41)20-37(38(36)27-13-15-42-16-14-27)44-33-8-4-2-6-29(33)31-18-25(22-40)10-12-35(31)44/h1-20H. The molecule has 0 radical (unpaired) electrons. The Hall–Kier alpha value is -6.68. The fourth-order valence-electron chi connectivity index (χ4n) is 6.45. The lowest BCUT2D eigenvalue weighted by Gasteiger charge is -2.20. The first-order valence-electron chi connectivity index (χ1n) is 14.1. The summed E-state index contributed by atoms with van der Waals surface area (Å²) in [7, 11) is 0. The second-order valence-corrected chi connectivity index (χ2v) is 10.6. The van der Waals surface area contributed by atoms with Crippen molar-refractivity contribution >= 4 is 43.6 Å². The first-order valence-corrected chi connectivity index (χ1v) is 14.1. The van der Waals surface area contributed by atoms with Crippen LogP contribution in [0.4, 0.5) is 0 Å². The van der Waals surface area contributed by atoms with E-state index in [1.165, 1.54) is 0 Å². The van der Waals surface area contributed by atoms with Gasteiger partial charge >= 0.3 is 0 Å². The van der Waals surface area contributed by atoms with E-state index in [9.17, 15) is 15.8 Å². The maximum atomic E-state index is 10.4. The summed E-state index contributed by atoms with van der Waals surface area (Å²) >= 11 is 0. The Bertz CT molecular complexity index is 2430. The van der Waals surface area contributed by atoms with E-state index in [1.54, 1.807) is 12.4 Å². The predicted molar refractivity (Wildman–Crippen MR) is 172 cm³/mol. The average molecular weight is 561 g/mol. The number of aromatic nitrogens is 3. The zero-order chi connectivity index (χ0) is 29.8. The number of benzene rings is 5. The van der Waals surface area contributed by atoms with Gasteiger partial charge in [0, 0.05) is 39.5 Å². The fraction of sp³-hybridized carbons (Fsp3) is 0. The zero-order valence-electron chi connectivity index (χ0n) is 23.2. The fourth-order valence-corrected chi connectivity index (χ4v) is 6.45. The van der Waals surface area contributed by atoms with Crippen LogP contribution in [0, 0.1) is 34.0 Å². The van der Waals surface area contributed by atoms with Crippen LogP contribution in [0.15, 0.2) is 122 Å². The third kappa shape index (κ3) is 3.61. The summed E-state index contributed by atoms with van der Waals surface area (Å²) in [5.74, 6) is 0. The predicted octanol–water partition coefficient (Wildman–Crippen LogP) is 8.56. The van der Waals surface area contributed by atoms with Crippen LogP contribution in [0.5, 0.6) is 0 Å². The highest BCUT2D eigenvalue weighted by Crippen LogP contribution is 2.42. The summed E-state index contributed by atoms with van der Waals surface area (Å²) in [6.07, 6.45) is 3.55. The Morgan fingerprint density at radius 3 is 1.39 bits per heavy atom. The molecule has 0 fully saturated rings. The third-order valence-electron chi connectivity index (χ3n) is 8.28. The van der Waals surface area contributed by atoms with E-state index >= 15 is 0 Å². The summed E-state index contributed by atoms with van der Waals surface area (Å²) in [5.41, 5.74) is 9.01. The second-order valence-electron chi connectivity index (χ2n) is 10.6. The van der Waals surface area contributed by atoms with Gasteiger partial charge in [0.2, 0.25) is 0 Å². The van der Waals surface area contributed by atoms with Crippen molar-refractivity contribution in [3.63, 3.8) is 0 Å². The Kier molecular flexibility index (Phi) is 5.53. The van der Waals surface area contributed by atoms with Crippen LogP contribution in [0.3, 0.4) is 0 Å². The van der Waals surface area contributed by atoms with Crippen molar-refractivity contribution in [2.45, 2.75) is 0 Å². The van der Waals surface area contributed by atoms with E-state index in [-0.39, 0.29) is 0 Å². The number of hydrogen-bond acceptors (Lipinski definition) is 4. The van der Waals surface area contributed by atoms with Crippen LogP contribution in [0.1, 0.15) is 16.7 Å². The molecular weight excluding hydrogens is 540 g/mol. The molecule has 0 aliphatic carbocycles. The van der Waals surface area contributed by atoms with Gasteiger partial charge in [-0.2, -0.15) is 15.8 Å². The van der Waals surface area contributed by atoms with Gasteiger partial charge < -0.3 is 9.13 Å². The van der Waals surface area contributed by atoms with E-state index in [2.05, 4.69) is 56.6 Å². The van der Waals surface area contributed by atoms with Crippen molar-refractivity contribution in [2.24, 2.45) is 0 Å². The van der Waals surface area contributed by atoms with Crippen LogP contribution in [0.2, 0.25) is 0 Å². The molecule has 8 aromatic rings. The minimum absolute atomic E-state index is 0.506. The molecule has 0 saturated carbocycles. The van der Waals surface area contributed by atoms with Crippen molar-refractivity contribution in [1.82, 2.24) is 14.1 Å². The summed E-state index contributed by atoms with van der Waals surface area (Å²) in [6, 6.07) is 42.6. The molecule has 202 valence electrons. The third-order valence-corrected chi connectivity index (χ3v) is 8.28. The van der Waals surface area contributed by atoms with Gasteiger partial charge in [0.25, 0.3) is 0 Å². The van der Waals surface area contributed by atoms with Gasteiger partial charge in [0.15, 0.2) is 0 Å². The van der Waals surface area contributed by atoms with Gasteiger partial charge in [0.05, 0.1) is 68.3 Å². The largest absolute Gasteiger partial charge is 0.308 e. The molecule has 0 aliphatic rings. The maximum Gasteiger partial charge on any atom is 0.0993 e. The quantitative estimate of drug-likeness (QED) is 0.216. The van der Waals surface area contributed by atoms with Crippen LogP contribution in [-0.4, -0.2) is 14.1 Å². The van der Waals surface area contributed by atoms with E-state index in [4.69, 9.17) is 0 Å². The van der Waals surface area contributed by atoms with Crippen LogP contribution in [-0.2, 0) is 0 Å². The summed E-state index contributed by atoms with van der Waals surface area (Å²) < 4.78 is 4.38. The lowest BCUT2D eigenvalue weighted by atomic mass is 9.99. The molecule has 0 atom stereocenters. The normalized spacial score (nSPS) is 11.1. The van der Waals surface area contributed by atoms with Gasteiger partial charge in [-0.25, -0.2) is 0 Å². The highest BCUT2D eigenvalue weighted by molar-refractivity contribution is 6.12. The summed E-state index contributed by atoms with van der Waals surface area (Å²) in [6.45, 7) is 0. The monoisotopic (exact) mass is 560 g/mol. The lowest BCUT2D eigenvalue weighted by Crippen LogP contribution is -2.05. The van der Waals surface area contributed by atoms with Gasteiger partial charge in [-0.05, 0) is 78.4 Å². The first kappa shape index (κ1) is 25.1. The first-order chi connectivity index (χ1) is 21.7. The molecule has 0 spiro atoms. The number of pyridine rings is 1. The van der Waals surface area contributed by atoms with Crippen molar-refractivity contribution in [2.75, 3.05) is 0 Å². The molecule has 6 nitrogen and oxygen atoms in total. The number of para-hydroxylation sites is 2. The molecule has 0 saturated heterocycles. The van der Waals surface area contributed by atoms with Gasteiger partial charge in [0.1, 0.15) is 0 Å². The van der Waals surface area contributed by atoms with E-state index in [1.807, 2.05) is 84.9 Å². The summed E-state index contributed by atoms with van der Waals surface area (Å²) in [5, 5.41) is 33.7. The van der Waals surface area contributed by atoms with Crippen molar-refractivity contribution < 1.29 is 0 Å². The molecule has 0 unspecified atom stereocenters. The minimum Gasteiger partial charge on any atom is -0.308 e. The Labute approximate surface area is 252 Å². The topological polar surface area (TPSA) is 94.1 Å². The Balaban J connectivity index is 1.59. The van der Waals surface area contributed by atoms with Crippen LogP contribution >= 0.6 is 0 Å². The van der Waals surface area contributed by atoms with Crippen LogP contribution < -0.4 is 0 Å². The SMILES string of the molecule is N#Cc1cc(-n2c3ccccc3c3cc(C#N)ccc32)c(-c2ccncc2)c(-n2c3ccccc3c3cc(C#N)ccc32)c1. The summed E-state index contributed by atoms with van der Waals surface area (Å²) in [4.78, 5) is 4.30. The number of rotatable bonds is 3.